The van der Waals surface area contributed by atoms with E-state index in [1.807, 2.05) is 40.0 Å². The van der Waals surface area contributed by atoms with Gasteiger partial charge in [-0.05, 0) is 36.8 Å². The van der Waals surface area contributed by atoms with E-state index >= 15 is 0 Å². The second-order valence-electron chi connectivity index (χ2n) is 3.34. The number of fused-ring (bicyclic) bond motifs is 1. The molecule has 0 aromatic carbocycles. The molecule has 0 bridgehead atoms. The normalized spacial score (nSPS) is 17.5. The number of aryl methyl sites for hydroxylation is 1. The molecule has 1 unspecified atom stereocenters. The van der Waals surface area contributed by atoms with Crippen molar-refractivity contribution >= 4 is 0 Å². The first-order valence-corrected chi connectivity index (χ1v) is 6.31. The molecule has 1 aliphatic carbocycles. The Balaban J connectivity index is 0.000000442. The number of rotatable bonds is 0. The summed E-state index contributed by atoms with van der Waals surface area (Å²) in [7, 11) is 0. The van der Waals surface area contributed by atoms with Crippen molar-refractivity contribution in [3.05, 3.63) is 29.6 Å². The molecule has 0 saturated carbocycles. The summed E-state index contributed by atoms with van der Waals surface area (Å²) < 4.78 is 0. The Kier molecular flexibility index (Phi) is 7.98. The second-order valence-corrected chi connectivity index (χ2v) is 3.34. The van der Waals surface area contributed by atoms with Crippen LogP contribution in [0.15, 0.2) is 18.3 Å². The standard InChI is InChI=1S/C10H13N.2C2H6/c1-8-4-2-5-9-6-3-7-11-10(8)9;2*1-2/h3,6-8H,2,4-5H2,1H3;2*1-2H3. The molecule has 15 heavy (non-hydrogen) atoms. The van der Waals surface area contributed by atoms with Crippen LogP contribution in [0.1, 0.15) is 64.6 Å². The number of hydrogen-bond acceptors (Lipinski definition) is 1. The zero-order chi connectivity index (χ0) is 11.7. The molecule has 0 amide bonds. The monoisotopic (exact) mass is 207 g/mol. The van der Waals surface area contributed by atoms with Gasteiger partial charge in [0.05, 0.1) is 0 Å². The molecule has 1 heterocycles. The third-order valence-electron chi connectivity index (χ3n) is 2.48. The lowest BCUT2D eigenvalue weighted by Gasteiger charge is -2.20. The van der Waals surface area contributed by atoms with Crippen LogP contribution < -0.4 is 0 Å². The minimum absolute atomic E-state index is 0.681. The molecule has 1 atom stereocenters. The Labute approximate surface area is 94.9 Å². The highest BCUT2D eigenvalue weighted by molar-refractivity contribution is 5.25. The highest BCUT2D eigenvalue weighted by Gasteiger charge is 2.15. The lowest BCUT2D eigenvalue weighted by atomic mass is 9.88. The third kappa shape index (κ3) is 4.03. The molecule has 0 N–H and O–H groups in total. The van der Waals surface area contributed by atoms with Crippen molar-refractivity contribution in [2.45, 2.75) is 59.8 Å². The van der Waals surface area contributed by atoms with E-state index in [1.54, 1.807) is 0 Å². The summed E-state index contributed by atoms with van der Waals surface area (Å²) >= 11 is 0. The lowest BCUT2D eigenvalue weighted by Crippen LogP contribution is -2.08. The predicted octanol–water partition coefficient (Wildman–Crippen LogP) is 4.57. The first-order valence-electron chi connectivity index (χ1n) is 6.31. The maximum Gasteiger partial charge on any atom is 0.0463 e. The molecular weight excluding hydrogens is 182 g/mol. The Hall–Kier alpha value is -0.850. The van der Waals surface area contributed by atoms with E-state index < -0.39 is 0 Å². The fourth-order valence-corrected chi connectivity index (χ4v) is 1.84. The number of aromatic nitrogens is 1. The van der Waals surface area contributed by atoms with Gasteiger partial charge in [0.1, 0.15) is 0 Å². The first kappa shape index (κ1) is 14.2. The van der Waals surface area contributed by atoms with Crippen molar-refractivity contribution in [1.29, 1.82) is 0 Å². The maximum atomic E-state index is 4.40. The van der Waals surface area contributed by atoms with Crippen molar-refractivity contribution in [2.24, 2.45) is 0 Å². The molecule has 2 rings (SSSR count). The van der Waals surface area contributed by atoms with Crippen LogP contribution in [0.2, 0.25) is 0 Å². The Bertz CT molecular complexity index is 255. The van der Waals surface area contributed by atoms with Crippen LogP contribution in [0.25, 0.3) is 0 Å². The van der Waals surface area contributed by atoms with Crippen LogP contribution in [0.3, 0.4) is 0 Å². The van der Waals surface area contributed by atoms with E-state index in [4.69, 9.17) is 0 Å². The van der Waals surface area contributed by atoms with Crippen LogP contribution in [0, 0.1) is 0 Å². The van der Waals surface area contributed by atoms with E-state index in [0.29, 0.717) is 5.92 Å². The van der Waals surface area contributed by atoms with E-state index in [9.17, 15) is 0 Å². The van der Waals surface area contributed by atoms with Gasteiger partial charge in [-0.2, -0.15) is 0 Å². The number of pyridine rings is 1. The SMILES string of the molecule is CC.CC.CC1CCCc2cccnc21. The van der Waals surface area contributed by atoms with E-state index in [1.165, 1.54) is 30.5 Å². The number of nitrogens with zero attached hydrogens (tertiary/aromatic N) is 1. The van der Waals surface area contributed by atoms with Crippen molar-refractivity contribution in [1.82, 2.24) is 4.98 Å². The van der Waals surface area contributed by atoms with E-state index in [2.05, 4.69) is 18.0 Å². The average molecular weight is 207 g/mol. The van der Waals surface area contributed by atoms with Crippen LogP contribution in [0.5, 0.6) is 0 Å². The van der Waals surface area contributed by atoms with Gasteiger partial charge in [0.15, 0.2) is 0 Å². The van der Waals surface area contributed by atoms with Crippen molar-refractivity contribution in [3.63, 3.8) is 0 Å². The highest BCUT2D eigenvalue weighted by Crippen LogP contribution is 2.28. The van der Waals surface area contributed by atoms with E-state index in [-0.39, 0.29) is 0 Å². The van der Waals surface area contributed by atoms with Gasteiger partial charge in [-0.3, -0.25) is 4.98 Å². The summed E-state index contributed by atoms with van der Waals surface area (Å²) in [5.41, 5.74) is 2.80. The van der Waals surface area contributed by atoms with Crippen LogP contribution in [-0.2, 0) is 6.42 Å². The molecule has 86 valence electrons. The summed E-state index contributed by atoms with van der Waals surface area (Å²) in [4.78, 5) is 4.40. The lowest BCUT2D eigenvalue weighted by molar-refractivity contribution is 0.573. The summed E-state index contributed by atoms with van der Waals surface area (Å²) in [5, 5.41) is 0. The average Bonchev–Trinajstić information content (AvgIpc) is 2.35. The second kappa shape index (κ2) is 8.46. The van der Waals surface area contributed by atoms with Gasteiger partial charge in [0.25, 0.3) is 0 Å². The fourth-order valence-electron chi connectivity index (χ4n) is 1.84. The molecular formula is C14H25N. The summed E-state index contributed by atoms with van der Waals surface area (Å²) in [6.45, 7) is 10.3. The first-order chi connectivity index (χ1) is 7.38. The topological polar surface area (TPSA) is 12.9 Å². The largest absolute Gasteiger partial charge is 0.261 e. The van der Waals surface area contributed by atoms with Gasteiger partial charge >= 0.3 is 0 Å². The van der Waals surface area contributed by atoms with Gasteiger partial charge in [0, 0.05) is 11.9 Å². The molecule has 1 heteroatoms. The van der Waals surface area contributed by atoms with Crippen molar-refractivity contribution < 1.29 is 0 Å². The molecule has 0 fully saturated rings. The van der Waals surface area contributed by atoms with Crippen LogP contribution in [0.4, 0.5) is 0 Å². The molecule has 1 aromatic rings. The summed E-state index contributed by atoms with van der Waals surface area (Å²) in [5.74, 6) is 0.681. The molecule has 1 aliphatic rings. The fraction of sp³-hybridized carbons (Fsp3) is 0.643. The maximum absolute atomic E-state index is 4.40. The minimum Gasteiger partial charge on any atom is -0.261 e. The minimum atomic E-state index is 0.681. The molecule has 0 spiro atoms. The van der Waals surface area contributed by atoms with Gasteiger partial charge < -0.3 is 0 Å². The van der Waals surface area contributed by atoms with Gasteiger partial charge in [-0.25, -0.2) is 0 Å². The summed E-state index contributed by atoms with van der Waals surface area (Å²) in [6, 6.07) is 4.24. The van der Waals surface area contributed by atoms with Gasteiger partial charge in [0.2, 0.25) is 0 Å². The Morgan fingerprint density at radius 1 is 1.20 bits per heavy atom. The zero-order valence-corrected chi connectivity index (χ0v) is 10.9. The van der Waals surface area contributed by atoms with Crippen molar-refractivity contribution in [2.75, 3.05) is 0 Å². The summed E-state index contributed by atoms with van der Waals surface area (Å²) in [6.07, 6.45) is 5.78. The van der Waals surface area contributed by atoms with E-state index in [0.717, 1.165) is 0 Å². The molecule has 0 aliphatic heterocycles. The quantitative estimate of drug-likeness (QED) is 0.607. The zero-order valence-electron chi connectivity index (χ0n) is 10.9. The molecule has 1 nitrogen and oxygen atoms in total. The molecule has 0 saturated heterocycles. The third-order valence-corrected chi connectivity index (χ3v) is 2.48. The molecule has 1 aromatic heterocycles. The highest BCUT2D eigenvalue weighted by atomic mass is 14.7. The predicted molar refractivity (Wildman–Crippen MR) is 68.3 cm³/mol. The molecule has 0 radical (unpaired) electrons. The smallest absolute Gasteiger partial charge is 0.0463 e. The van der Waals surface area contributed by atoms with Crippen LogP contribution >= 0.6 is 0 Å². The van der Waals surface area contributed by atoms with Gasteiger partial charge in [-0.15, -0.1) is 0 Å². The Morgan fingerprint density at radius 3 is 2.47 bits per heavy atom. The van der Waals surface area contributed by atoms with Crippen molar-refractivity contribution in [3.8, 4) is 0 Å². The Morgan fingerprint density at radius 2 is 1.87 bits per heavy atom. The van der Waals surface area contributed by atoms with Crippen LogP contribution in [-0.4, -0.2) is 4.98 Å². The number of hydrogen-bond donors (Lipinski definition) is 0. The van der Waals surface area contributed by atoms with Gasteiger partial charge in [-0.1, -0.05) is 40.7 Å².